The van der Waals surface area contributed by atoms with E-state index >= 15 is 0 Å². The highest BCUT2D eigenvalue weighted by Crippen LogP contribution is 2.32. The normalized spacial score (nSPS) is 16.3. The molecule has 0 aromatic heterocycles. The molecule has 1 fully saturated rings. The fourth-order valence-electron chi connectivity index (χ4n) is 2.16. The van der Waals surface area contributed by atoms with E-state index < -0.39 is 0 Å². The first kappa shape index (κ1) is 18.6. The Bertz CT molecular complexity index is 644. The molecule has 0 atom stereocenters. The summed E-state index contributed by atoms with van der Waals surface area (Å²) in [5, 5.41) is 2.82. The molecule has 1 aliphatic rings. The van der Waals surface area contributed by atoms with Crippen LogP contribution in [0.1, 0.15) is 12.0 Å². The van der Waals surface area contributed by atoms with Crippen molar-refractivity contribution in [3.05, 3.63) is 40.8 Å². The molecule has 1 N–H and O–H groups in total. The van der Waals surface area contributed by atoms with Gasteiger partial charge in [-0.1, -0.05) is 54.3 Å². The van der Waals surface area contributed by atoms with Crippen LogP contribution >= 0.6 is 24.0 Å². The lowest BCUT2D eigenvalue weighted by atomic mass is 10.2. The predicted molar refractivity (Wildman–Crippen MR) is 103 cm³/mol. The molecule has 5 nitrogen and oxygen atoms in total. The number of carbonyl (C=O) groups excluding carboxylic acids is 2. The molecule has 1 aliphatic heterocycles. The minimum absolute atomic E-state index is 0.0290. The molecule has 0 bridgehead atoms. The molecule has 0 spiro atoms. The lowest BCUT2D eigenvalue weighted by Crippen LogP contribution is -2.40. The Balaban J connectivity index is 1.90. The zero-order chi connectivity index (χ0) is 17.5. The molecular formula is C17H21N3O2S2. The van der Waals surface area contributed by atoms with E-state index in [1.54, 1.807) is 6.08 Å². The molecule has 7 heteroatoms. The standard InChI is InChI=1S/C17H21N3O2S2/c1-19(2)10-6-9-18-15(21)12-20-16(22)14(24-17(20)23)11-13-7-4-3-5-8-13/h3-5,7-8,11H,6,9-10,12H2,1-2H3,(H,18,21)/b14-11-. The van der Waals surface area contributed by atoms with E-state index in [2.05, 4.69) is 10.2 Å². The number of nitrogens with zero attached hydrogens (tertiary/aromatic N) is 2. The number of hydrogen-bond donors (Lipinski definition) is 1. The first-order valence-electron chi connectivity index (χ1n) is 7.69. The molecule has 128 valence electrons. The summed E-state index contributed by atoms with van der Waals surface area (Å²) in [6, 6.07) is 9.58. The fraction of sp³-hybridized carbons (Fsp3) is 0.353. The van der Waals surface area contributed by atoms with Crippen LogP contribution in [0, 0.1) is 0 Å². The maximum absolute atomic E-state index is 12.4. The van der Waals surface area contributed by atoms with Gasteiger partial charge in [0.1, 0.15) is 10.9 Å². The molecule has 0 unspecified atom stereocenters. The van der Waals surface area contributed by atoms with Crippen LogP contribution in [0.4, 0.5) is 0 Å². The number of benzene rings is 1. The zero-order valence-electron chi connectivity index (χ0n) is 13.8. The number of hydrogen-bond acceptors (Lipinski definition) is 5. The van der Waals surface area contributed by atoms with Crippen molar-refractivity contribution in [2.75, 3.05) is 33.7 Å². The number of carbonyl (C=O) groups is 2. The third-order valence-corrected chi connectivity index (χ3v) is 4.75. The molecular weight excluding hydrogens is 342 g/mol. The van der Waals surface area contributed by atoms with Gasteiger partial charge in [-0.05, 0) is 38.7 Å². The maximum Gasteiger partial charge on any atom is 0.266 e. The Morgan fingerprint density at radius 2 is 2.04 bits per heavy atom. The number of nitrogens with one attached hydrogen (secondary N) is 1. The van der Waals surface area contributed by atoms with E-state index in [0.29, 0.717) is 15.8 Å². The zero-order valence-corrected chi connectivity index (χ0v) is 15.5. The van der Waals surface area contributed by atoms with Crippen LogP contribution in [-0.4, -0.2) is 59.7 Å². The summed E-state index contributed by atoms with van der Waals surface area (Å²) in [6.07, 6.45) is 2.67. The van der Waals surface area contributed by atoms with E-state index in [1.807, 2.05) is 44.4 Å². The monoisotopic (exact) mass is 363 g/mol. The van der Waals surface area contributed by atoms with Gasteiger partial charge in [-0.25, -0.2) is 0 Å². The maximum atomic E-state index is 12.4. The van der Waals surface area contributed by atoms with E-state index in [0.717, 1.165) is 18.5 Å². The smallest absolute Gasteiger partial charge is 0.266 e. The summed E-state index contributed by atoms with van der Waals surface area (Å²) in [6.45, 7) is 1.46. The van der Waals surface area contributed by atoms with Gasteiger partial charge in [0.2, 0.25) is 5.91 Å². The minimum Gasteiger partial charge on any atom is -0.354 e. The first-order valence-corrected chi connectivity index (χ1v) is 8.91. The molecule has 2 amide bonds. The number of rotatable bonds is 7. The highest BCUT2D eigenvalue weighted by molar-refractivity contribution is 8.26. The van der Waals surface area contributed by atoms with Crippen molar-refractivity contribution in [2.45, 2.75) is 6.42 Å². The summed E-state index contributed by atoms with van der Waals surface area (Å²) in [5.41, 5.74) is 0.936. The Morgan fingerprint density at radius 3 is 2.71 bits per heavy atom. The van der Waals surface area contributed by atoms with Crippen LogP contribution in [0.25, 0.3) is 6.08 Å². The summed E-state index contributed by atoms with van der Waals surface area (Å²) < 4.78 is 0.422. The number of thiocarbonyl (C=S) groups is 1. The van der Waals surface area contributed by atoms with Crippen molar-refractivity contribution < 1.29 is 9.59 Å². The Kier molecular flexibility index (Phi) is 6.96. The van der Waals surface area contributed by atoms with Crippen LogP contribution in [0.2, 0.25) is 0 Å². The largest absolute Gasteiger partial charge is 0.354 e. The van der Waals surface area contributed by atoms with Crippen LogP contribution < -0.4 is 5.32 Å². The van der Waals surface area contributed by atoms with Crippen LogP contribution in [0.5, 0.6) is 0 Å². The predicted octanol–water partition coefficient (Wildman–Crippen LogP) is 1.96. The topological polar surface area (TPSA) is 52.7 Å². The van der Waals surface area contributed by atoms with Crippen molar-refractivity contribution in [1.82, 2.24) is 15.1 Å². The van der Waals surface area contributed by atoms with Crippen LogP contribution in [0.15, 0.2) is 35.2 Å². The van der Waals surface area contributed by atoms with Crippen molar-refractivity contribution in [1.29, 1.82) is 0 Å². The fourth-order valence-corrected chi connectivity index (χ4v) is 3.41. The van der Waals surface area contributed by atoms with Gasteiger partial charge in [0.25, 0.3) is 5.91 Å². The molecule has 1 aromatic rings. The third-order valence-electron chi connectivity index (χ3n) is 3.38. The third kappa shape index (κ3) is 5.43. The van der Waals surface area contributed by atoms with Gasteiger partial charge in [0, 0.05) is 6.54 Å². The summed E-state index contributed by atoms with van der Waals surface area (Å²) in [7, 11) is 3.97. The van der Waals surface area contributed by atoms with Gasteiger partial charge in [-0.2, -0.15) is 0 Å². The number of amides is 2. The molecule has 0 aliphatic carbocycles. The van der Waals surface area contributed by atoms with Gasteiger partial charge < -0.3 is 10.2 Å². The van der Waals surface area contributed by atoms with E-state index in [9.17, 15) is 9.59 Å². The molecule has 0 saturated carbocycles. The van der Waals surface area contributed by atoms with Gasteiger partial charge >= 0.3 is 0 Å². The lowest BCUT2D eigenvalue weighted by molar-refractivity contribution is -0.128. The van der Waals surface area contributed by atoms with Crippen molar-refractivity contribution in [3.63, 3.8) is 0 Å². The van der Waals surface area contributed by atoms with Crippen molar-refractivity contribution in [2.24, 2.45) is 0 Å². The Morgan fingerprint density at radius 1 is 1.33 bits per heavy atom. The summed E-state index contributed by atoms with van der Waals surface area (Å²) >= 11 is 6.47. The molecule has 0 radical (unpaired) electrons. The first-order chi connectivity index (χ1) is 11.5. The second kappa shape index (κ2) is 8.96. The van der Waals surface area contributed by atoms with E-state index in [4.69, 9.17) is 12.2 Å². The van der Waals surface area contributed by atoms with Crippen molar-refractivity contribution >= 4 is 46.2 Å². The van der Waals surface area contributed by atoms with E-state index in [-0.39, 0.29) is 18.4 Å². The SMILES string of the molecule is CN(C)CCCNC(=O)CN1C(=O)/C(=C/c2ccccc2)SC1=S. The highest BCUT2D eigenvalue weighted by Gasteiger charge is 2.33. The van der Waals surface area contributed by atoms with Crippen molar-refractivity contribution in [3.8, 4) is 0 Å². The second-order valence-corrected chi connectivity index (χ2v) is 7.36. The Hall–Kier alpha value is -1.70. The second-order valence-electron chi connectivity index (χ2n) is 5.69. The van der Waals surface area contributed by atoms with Gasteiger partial charge in [-0.3, -0.25) is 14.5 Å². The number of thioether (sulfide) groups is 1. The highest BCUT2D eigenvalue weighted by atomic mass is 32.2. The molecule has 1 aromatic carbocycles. The lowest BCUT2D eigenvalue weighted by Gasteiger charge is -2.14. The molecule has 2 rings (SSSR count). The van der Waals surface area contributed by atoms with Crippen LogP contribution in [-0.2, 0) is 9.59 Å². The molecule has 24 heavy (non-hydrogen) atoms. The van der Waals surface area contributed by atoms with E-state index in [1.165, 1.54) is 16.7 Å². The Labute approximate surface area is 152 Å². The molecule has 1 heterocycles. The molecule has 1 saturated heterocycles. The average molecular weight is 364 g/mol. The minimum atomic E-state index is -0.211. The quantitative estimate of drug-likeness (QED) is 0.456. The van der Waals surface area contributed by atoms with Gasteiger partial charge in [-0.15, -0.1) is 0 Å². The summed E-state index contributed by atoms with van der Waals surface area (Å²) in [5.74, 6) is -0.400. The van der Waals surface area contributed by atoms with Gasteiger partial charge in [0.05, 0.1) is 4.91 Å². The summed E-state index contributed by atoms with van der Waals surface area (Å²) in [4.78, 5) is 28.4. The average Bonchev–Trinajstić information content (AvgIpc) is 2.80. The van der Waals surface area contributed by atoms with Gasteiger partial charge in [0.15, 0.2) is 0 Å². The van der Waals surface area contributed by atoms with Crippen LogP contribution in [0.3, 0.4) is 0 Å².